The van der Waals surface area contributed by atoms with Crippen molar-refractivity contribution >= 4 is 11.7 Å². The predicted octanol–water partition coefficient (Wildman–Crippen LogP) is 1.92. The van der Waals surface area contributed by atoms with Crippen LogP contribution in [-0.2, 0) is 21.6 Å². The van der Waals surface area contributed by atoms with Crippen molar-refractivity contribution in [3.8, 4) is 0 Å². The van der Waals surface area contributed by atoms with E-state index in [1.54, 1.807) is 6.20 Å². The van der Waals surface area contributed by atoms with E-state index in [2.05, 4.69) is 20.9 Å². The van der Waals surface area contributed by atoms with Crippen molar-refractivity contribution in [3.63, 3.8) is 0 Å². The number of aromatic nitrogens is 2. The van der Waals surface area contributed by atoms with Crippen LogP contribution in [0.2, 0.25) is 0 Å². The van der Waals surface area contributed by atoms with Crippen LogP contribution in [-0.4, -0.2) is 53.6 Å². The number of rotatable bonds is 2. The minimum Gasteiger partial charge on any atom is -0.360 e. The molecule has 1 aromatic carbocycles. The Balaban J connectivity index is 1.49. The van der Waals surface area contributed by atoms with E-state index in [1.165, 1.54) is 5.56 Å². The predicted molar refractivity (Wildman–Crippen MR) is 99.0 cm³/mol. The molecule has 3 heterocycles. The first kappa shape index (κ1) is 17.0. The van der Waals surface area contributed by atoms with Crippen molar-refractivity contribution in [1.82, 2.24) is 14.9 Å². The molecule has 1 aromatic heterocycles. The van der Waals surface area contributed by atoms with Gasteiger partial charge >= 0.3 is 0 Å². The third kappa shape index (κ3) is 2.94. The Morgan fingerprint density at radius 3 is 2.69 bits per heavy atom. The molecule has 6 heteroatoms. The Hall–Kier alpha value is -2.47. The van der Waals surface area contributed by atoms with Crippen molar-refractivity contribution in [1.29, 1.82) is 0 Å². The van der Waals surface area contributed by atoms with Crippen LogP contribution in [0.1, 0.15) is 23.9 Å². The Kier molecular flexibility index (Phi) is 4.36. The lowest BCUT2D eigenvalue weighted by Gasteiger charge is -2.42. The maximum Gasteiger partial charge on any atom is 0.259 e. The van der Waals surface area contributed by atoms with E-state index in [0.29, 0.717) is 19.7 Å². The molecule has 2 aliphatic heterocycles. The van der Waals surface area contributed by atoms with Gasteiger partial charge in [0.2, 0.25) is 0 Å². The fraction of sp³-hybridized carbons (Fsp3) is 0.450. The van der Waals surface area contributed by atoms with E-state index in [1.807, 2.05) is 43.0 Å². The molecule has 0 N–H and O–H groups in total. The van der Waals surface area contributed by atoms with Crippen molar-refractivity contribution in [2.75, 3.05) is 37.7 Å². The summed E-state index contributed by atoms with van der Waals surface area (Å²) >= 11 is 0. The Morgan fingerprint density at radius 2 is 1.92 bits per heavy atom. The third-order valence-electron chi connectivity index (χ3n) is 5.35. The first-order chi connectivity index (χ1) is 12.6. The van der Waals surface area contributed by atoms with Crippen molar-refractivity contribution in [2.24, 2.45) is 0 Å². The van der Waals surface area contributed by atoms with Gasteiger partial charge in [0, 0.05) is 32.4 Å². The fourth-order valence-corrected chi connectivity index (χ4v) is 3.88. The molecule has 0 spiro atoms. The van der Waals surface area contributed by atoms with Crippen molar-refractivity contribution in [3.05, 3.63) is 53.5 Å². The maximum atomic E-state index is 13.3. The zero-order chi connectivity index (χ0) is 18.1. The summed E-state index contributed by atoms with van der Waals surface area (Å²) in [5.74, 6) is 1.75. The number of amides is 1. The molecule has 6 nitrogen and oxygen atoms in total. The Labute approximate surface area is 153 Å². The Bertz CT molecular complexity index is 817. The highest BCUT2D eigenvalue weighted by molar-refractivity contribution is 5.87. The molecular formula is C20H24N4O2. The molecule has 2 aliphatic rings. The zero-order valence-corrected chi connectivity index (χ0v) is 15.3. The first-order valence-electron chi connectivity index (χ1n) is 9.14. The number of hydrogen-bond donors (Lipinski definition) is 0. The molecule has 2 aromatic rings. The van der Waals surface area contributed by atoms with Crippen LogP contribution in [0.4, 0.5) is 5.82 Å². The molecule has 1 atom stereocenters. The molecule has 4 rings (SSSR count). The van der Waals surface area contributed by atoms with Gasteiger partial charge in [0.05, 0.1) is 6.61 Å². The van der Waals surface area contributed by atoms with Gasteiger partial charge in [0.25, 0.3) is 5.91 Å². The summed E-state index contributed by atoms with van der Waals surface area (Å²) in [7, 11) is 0. The molecule has 0 aliphatic carbocycles. The van der Waals surface area contributed by atoms with Gasteiger partial charge in [-0.15, -0.1) is 0 Å². The van der Waals surface area contributed by atoms with Gasteiger partial charge < -0.3 is 14.5 Å². The van der Waals surface area contributed by atoms with Gasteiger partial charge in [-0.05, 0) is 37.5 Å². The standard InChI is InChI=1S/C20H24N4O2/c1-15-21-9-7-18(22-15)23-10-12-24(13-11-23)19(25)20(2)17-6-4-3-5-16(17)8-14-26-20/h3-7,9H,8,10-14H2,1-2H3. The van der Waals surface area contributed by atoms with Gasteiger partial charge in [0.15, 0.2) is 5.60 Å². The quantitative estimate of drug-likeness (QED) is 0.826. The number of carbonyl (C=O) groups is 1. The average Bonchev–Trinajstić information content (AvgIpc) is 2.68. The molecular weight excluding hydrogens is 328 g/mol. The molecule has 1 fully saturated rings. The largest absolute Gasteiger partial charge is 0.360 e. The number of anilines is 1. The SMILES string of the molecule is Cc1nccc(N2CCN(C(=O)C3(C)OCCc4ccccc43)CC2)n1. The molecule has 0 radical (unpaired) electrons. The van der Waals surface area contributed by atoms with E-state index in [0.717, 1.165) is 36.7 Å². The smallest absolute Gasteiger partial charge is 0.259 e. The minimum atomic E-state index is -0.886. The van der Waals surface area contributed by atoms with E-state index >= 15 is 0 Å². The van der Waals surface area contributed by atoms with Crippen LogP contribution >= 0.6 is 0 Å². The summed E-state index contributed by atoms with van der Waals surface area (Å²) < 4.78 is 6.01. The minimum absolute atomic E-state index is 0.0585. The van der Waals surface area contributed by atoms with Gasteiger partial charge in [-0.2, -0.15) is 0 Å². The molecule has 26 heavy (non-hydrogen) atoms. The molecule has 1 amide bonds. The zero-order valence-electron chi connectivity index (χ0n) is 15.3. The van der Waals surface area contributed by atoms with Crippen molar-refractivity contribution < 1.29 is 9.53 Å². The van der Waals surface area contributed by atoms with Crippen LogP contribution < -0.4 is 4.90 Å². The molecule has 1 saturated heterocycles. The number of benzene rings is 1. The van der Waals surface area contributed by atoms with Crippen LogP contribution in [0.15, 0.2) is 36.5 Å². The molecule has 0 saturated carbocycles. The summed E-state index contributed by atoms with van der Waals surface area (Å²) in [6, 6.07) is 10.0. The van der Waals surface area contributed by atoms with Crippen LogP contribution in [0.5, 0.6) is 0 Å². The molecule has 136 valence electrons. The number of nitrogens with zero attached hydrogens (tertiary/aromatic N) is 4. The number of piperazine rings is 1. The number of ether oxygens (including phenoxy) is 1. The normalized spacial score (nSPS) is 22.8. The summed E-state index contributed by atoms with van der Waals surface area (Å²) in [6.07, 6.45) is 2.64. The highest BCUT2D eigenvalue weighted by Crippen LogP contribution is 2.35. The topological polar surface area (TPSA) is 58.6 Å². The van der Waals surface area contributed by atoms with Gasteiger partial charge in [0.1, 0.15) is 11.6 Å². The molecule has 0 bridgehead atoms. The highest BCUT2D eigenvalue weighted by atomic mass is 16.5. The van der Waals surface area contributed by atoms with E-state index < -0.39 is 5.60 Å². The van der Waals surface area contributed by atoms with Crippen LogP contribution in [0, 0.1) is 6.92 Å². The van der Waals surface area contributed by atoms with Crippen LogP contribution in [0.3, 0.4) is 0 Å². The third-order valence-corrected chi connectivity index (χ3v) is 5.35. The summed E-state index contributed by atoms with van der Waals surface area (Å²) in [5, 5.41) is 0. The first-order valence-corrected chi connectivity index (χ1v) is 9.14. The number of aryl methyl sites for hydroxylation is 1. The van der Waals surface area contributed by atoms with Gasteiger partial charge in [-0.3, -0.25) is 4.79 Å². The second-order valence-electron chi connectivity index (χ2n) is 7.03. The lowest BCUT2D eigenvalue weighted by Crippen LogP contribution is -2.55. The Morgan fingerprint density at radius 1 is 1.15 bits per heavy atom. The van der Waals surface area contributed by atoms with Gasteiger partial charge in [-0.25, -0.2) is 9.97 Å². The highest BCUT2D eigenvalue weighted by Gasteiger charge is 2.43. The van der Waals surface area contributed by atoms with Crippen LogP contribution in [0.25, 0.3) is 0 Å². The number of fused-ring (bicyclic) bond motifs is 1. The number of carbonyl (C=O) groups excluding carboxylic acids is 1. The summed E-state index contributed by atoms with van der Waals surface area (Å²) in [6.45, 7) is 7.25. The number of hydrogen-bond acceptors (Lipinski definition) is 5. The lowest BCUT2D eigenvalue weighted by atomic mass is 9.86. The monoisotopic (exact) mass is 352 g/mol. The lowest BCUT2D eigenvalue weighted by molar-refractivity contribution is -0.160. The summed E-state index contributed by atoms with van der Waals surface area (Å²) in [5.41, 5.74) is 1.33. The van der Waals surface area contributed by atoms with Crippen molar-refractivity contribution in [2.45, 2.75) is 25.9 Å². The average molecular weight is 352 g/mol. The second kappa shape index (κ2) is 6.68. The maximum absolute atomic E-state index is 13.3. The molecule has 1 unspecified atom stereocenters. The summed E-state index contributed by atoms with van der Waals surface area (Å²) in [4.78, 5) is 26.1. The second-order valence-corrected chi connectivity index (χ2v) is 7.03. The fourth-order valence-electron chi connectivity index (χ4n) is 3.88. The van der Waals surface area contributed by atoms with E-state index in [9.17, 15) is 4.79 Å². The van der Waals surface area contributed by atoms with E-state index in [4.69, 9.17) is 4.74 Å². The van der Waals surface area contributed by atoms with Gasteiger partial charge in [-0.1, -0.05) is 24.3 Å². The van der Waals surface area contributed by atoms with E-state index in [-0.39, 0.29) is 5.91 Å².